The Morgan fingerprint density at radius 3 is 2.55 bits per heavy atom. The molecule has 0 spiro atoms. The normalized spacial score (nSPS) is 10.9. The average molecular weight is 296 g/mol. The van der Waals surface area contributed by atoms with Crippen molar-refractivity contribution in [1.82, 2.24) is 20.2 Å². The van der Waals surface area contributed by atoms with E-state index >= 15 is 0 Å². The Morgan fingerprint density at radius 2 is 1.86 bits per heavy atom. The third-order valence-electron chi connectivity index (χ3n) is 3.73. The first-order valence-electron chi connectivity index (χ1n) is 7.34. The lowest BCUT2D eigenvalue weighted by atomic mass is 10.2. The fourth-order valence-corrected chi connectivity index (χ4v) is 2.46. The Bertz CT molecular complexity index is 747. The fourth-order valence-electron chi connectivity index (χ4n) is 2.46. The van der Waals surface area contributed by atoms with E-state index in [0.717, 1.165) is 29.9 Å². The van der Waals surface area contributed by atoms with Crippen LogP contribution < -0.4 is 9.80 Å². The molecule has 1 N–H and O–H groups in total. The van der Waals surface area contributed by atoms with Crippen LogP contribution in [0, 0.1) is 0 Å². The summed E-state index contributed by atoms with van der Waals surface area (Å²) in [5.41, 5.74) is 3.22. The lowest BCUT2D eigenvalue weighted by Crippen LogP contribution is -2.23. The zero-order valence-electron chi connectivity index (χ0n) is 13.1. The highest BCUT2D eigenvalue weighted by Gasteiger charge is 2.12. The monoisotopic (exact) mass is 296 g/mol. The van der Waals surface area contributed by atoms with Crippen LogP contribution in [0.5, 0.6) is 0 Å². The number of hydrogen-bond acceptors (Lipinski definition) is 5. The molecule has 0 fully saturated rings. The van der Waals surface area contributed by atoms with Crippen LogP contribution in [0.25, 0.3) is 11.0 Å². The van der Waals surface area contributed by atoms with Crippen molar-refractivity contribution in [3.63, 3.8) is 0 Å². The van der Waals surface area contributed by atoms with Gasteiger partial charge in [-0.25, -0.2) is 9.97 Å². The van der Waals surface area contributed by atoms with Crippen molar-refractivity contribution in [2.24, 2.45) is 0 Å². The second kappa shape index (κ2) is 6.01. The van der Waals surface area contributed by atoms with Crippen molar-refractivity contribution in [2.45, 2.75) is 13.5 Å². The molecular weight excluding hydrogens is 276 g/mol. The number of aromatic nitrogens is 4. The molecule has 0 aliphatic carbocycles. The molecule has 0 saturated heterocycles. The highest BCUT2D eigenvalue weighted by molar-refractivity contribution is 5.86. The molecule has 0 amide bonds. The van der Waals surface area contributed by atoms with Gasteiger partial charge in [-0.1, -0.05) is 12.1 Å². The molecule has 22 heavy (non-hydrogen) atoms. The van der Waals surface area contributed by atoms with Crippen LogP contribution in [-0.4, -0.2) is 40.8 Å². The van der Waals surface area contributed by atoms with E-state index in [0.29, 0.717) is 0 Å². The number of nitrogens with one attached hydrogen (secondary N) is 1. The number of anilines is 2. The molecule has 3 rings (SSSR count). The van der Waals surface area contributed by atoms with Gasteiger partial charge in [0.1, 0.15) is 12.1 Å². The zero-order chi connectivity index (χ0) is 15.5. The summed E-state index contributed by atoms with van der Waals surface area (Å²) >= 11 is 0. The van der Waals surface area contributed by atoms with Crippen molar-refractivity contribution in [3.05, 3.63) is 42.4 Å². The van der Waals surface area contributed by atoms with Crippen molar-refractivity contribution in [1.29, 1.82) is 0 Å². The predicted octanol–water partition coefficient (Wildman–Crippen LogP) is 2.45. The third kappa shape index (κ3) is 2.72. The number of benzene rings is 1. The summed E-state index contributed by atoms with van der Waals surface area (Å²) in [6.07, 6.45) is 3.36. The van der Waals surface area contributed by atoms with Crippen molar-refractivity contribution < 1.29 is 0 Å². The average Bonchev–Trinajstić information content (AvgIpc) is 3.01. The SMILES string of the molecule is CCN(Cc1ccc(N(C)C)cc1)c1ncnc2[nH]ncc12. The second-order valence-electron chi connectivity index (χ2n) is 5.40. The van der Waals surface area contributed by atoms with Crippen LogP contribution in [0.2, 0.25) is 0 Å². The molecule has 3 aromatic rings. The van der Waals surface area contributed by atoms with E-state index in [1.54, 1.807) is 12.5 Å². The first kappa shape index (κ1) is 14.3. The van der Waals surface area contributed by atoms with Crippen LogP contribution in [0.1, 0.15) is 12.5 Å². The van der Waals surface area contributed by atoms with E-state index in [1.807, 2.05) is 14.1 Å². The second-order valence-corrected chi connectivity index (χ2v) is 5.40. The number of rotatable bonds is 5. The summed E-state index contributed by atoms with van der Waals surface area (Å²) < 4.78 is 0. The Labute approximate surface area is 129 Å². The van der Waals surface area contributed by atoms with Gasteiger partial charge in [0.05, 0.1) is 11.6 Å². The number of H-pyrrole nitrogens is 1. The Hall–Kier alpha value is -2.63. The van der Waals surface area contributed by atoms with Gasteiger partial charge in [-0.3, -0.25) is 5.10 Å². The third-order valence-corrected chi connectivity index (χ3v) is 3.73. The molecule has 0 aliphatic rings. The van der Waals surface area contributed by atoms with E-state index in [-0.39, 0.29) is 0 Å². The molecule has 0 radical (unpaired) electrons. The molecule has 2 aromatic heterocycles. The minimum atomic E-state index is 0.770. The van der Waals surface area contributed by atoms with Crippen LogP contribution in [0.4, 0.5) is 11.5 Å². The lowest BCUT2D eigenvalue weighted by molar-refractivity contribution is 0.816. The highest BCUT2D eigenvalue weighted by Crippen LogP contribution is 2.23. The molecule has 0 bridgehead atoms. The molecule has 0 unspecified atom stereocenters. The minimum absolute atomic E-state index is 0.770. The maximum atomic E-state index is 4.44. The minimum Gasteiger partial charge on any atom is -0.378 e. The van der Waals surface area contributed by atoms with Gasteiger partial charge in [0.2, 0.25) is 0 Å². The van der Waals surface area contributed by atoms with Crippen LogP contribution in [0.3, 0.4) is 0 Å². The fraction of sp³-hybridized carbons (Fsp3) is 0.312. The maximum absolute atomic E-state index is 4.44. The number of hydrogen-bond donors (Lipinski definition) is 1. The number of nitrogens with zero attached hydrogens (tertiary/aromatic N) is 5. The van der Waals surface area contributed by atoms with E-state index in [1.165, 1.54) is 11.3 Å². The van der Waals surface area contributed by atoms with Gasteiger partial charge >= 0.3 is 0 Å². The summed E-state index contributed by atoms with van der Waals surface area (Å²) in [6, 6.07) is 8.59. The molecule has 0 saturated carbocycles. The largest absolute Gasteiger partial charge is 0.378 e. The van der Waals surface area contributed by atoms with Crippen molar-refractivity contribution >= 4 is 22.5 Å². The smallest absolute Gasteiger partial charge is 0.160 e. The molecule has 6 heteroatoms. The Morgan fingerprint density at radius 1 is 1.09 bits per heavy atom. The first-order chi connectivity index (χ1) is 10.7. The molecule has 114 valence electrons. The summed E-state index contributed by atoms with van der Waals surface area (Å²) in [7, 11) is 4.09. The zero-order valence-corrected chi connectivity index (χ0v) is 13.1. The first-order valence-corrected chi connectivity index (χ1v) is 7.34. The summed E-state index contributed by atoms with van der Waals surface area (Å²) in [6.45, 7) is 3.80. The molecule has 2 heterocycles. The molecular formula is C16H20N6. The van der Waals surface area contributed by atoms with Crippen LogP contribution in [0.15, 0.2) is 36.8 Å². The quantitative estimate of drug-likeness (QED) is 0.783. The van der Waals surface area contributed by atoms with Gasteiger partial charge in [-0.05, 0) is 24.6 Å². The van der Waals surface area contributed by atoms with Gasteiger partial charge < -0.3 is 9.80 Å². The summed E-state index contributed by atoms with van der Waals surface area (Å²) in [5.74, 6) is 0.915. The topological polar surface area (TPSA) is 60.9 Å². The highest BCUT2D eigenvalue weighted by atomic mass is 15.2. The van der Waals surface area contributed by atoms with Gasteiger partial charge in [-0.15, -0.1) is 0 Å². The standard InChI is InChI=1S/C16H20N6/c1-4-22(10-12-5-7-13(8-6-12)21(2)3)16-14-9-19-20-15(14)17-11-18-16/h5-9,11H,4,10H2,1-3H3,(H,17,18,19,20). The van der Waals surface area contributed by atoms with E-state index in [9.17, 15) is 0 Å². The van der Waals surface area contributed by atoms with Gasteiger partial charge in [0, 0.05) is 32.9 Å². The lowest BCUT2D eigenvalue weighted by Gasteiger charge is -2.22. The maximum Gasteiger partial charge on any atom is 0.160 e. The van der Waals surface area contributed by atoms with Crippen molar-refractivity contribution in [2.75, 3.05) is 30.4 Å². The molecule has 6 nitrogen and oxygen atoms in total. The number of fused-ring (bicyclic) bond motifs is 1. The molecule has 0 atom stereocenters. The van der Waals surface area contributed by atoms with Gasteiger partial charge in [0.15, 0.2) is 5.65 Å². The van der Waals surface area contributed by atoms with Crippen LogP contribution in [-0.2, 0) is 6.54 Å². The number of aromatic amines is 1. The Kier molecular flexibility index (Phi) is 3.91. The van der Waals surface area contributed by atoms with E-state index in [2.05, 4.69) is 61.2 Å². The van der Waals surface area contributed by atoms with Gasteiger partial charge in [0.25, 0.3) is 0 Å². The summed E-state index contributed by atoms with van der Waals surface area (Å²) in [4.78, 5) is 13.0. The van der Waals surface area contributed by atoms with E-state index in [4.69, 9.17) is 0 Å². The van der Waals surface area contributed by atoms with Crippen molar-refractivity contribution in [3.8, 4) is 0 Å². The molecule has 1 aromatic carbocycles. The van der Waals surface area contributed by atoms with Crippen LogP contribution >= 0.6 is 0 Å². The van der Waals surface area contributed by atoms with Gasteiger partial charge in [-0.2, -0.15) is 5.10 Å². The predicted molar refractivity (Wildman–Crippen MR) is 89.2 cm³/mol. The molecule has 0 aliphatic heterocycles. The summed E-state index contributed by atoms with van der Waals surface area (Å²) in [5, 5.41) is 7.90. The Balaban J connectivity index is 1.87. The van der Waals surface area contributed by atoms with E-state index < -0.39 is 0 Å².